The first kappa shape index (κ1) is 25.6. The molecule has 0 bridgehead atoms. The van der Waals surface area contributed by atoms with E-state index in [-0.39, 0.29) is 0 Å². The number of benzene rings is 2. The Morgan fingerprint density at radius 3 is 2.40 bits per heavy atom. The minimum atomic E-state index is -0.580. The second-order valence-corrected chi connectivity index (χ2v) is 8.53. The normalized spacial score (nSPS) is 10.9. The van der Waals surface area contributed by atoms with Gasteiger partial charge >= 0.3 is 6.09 Å². The third-order valence-electron chi connectivity index (χ3n) is 4.50. The van der Waals surface area contributed by atoms with Crippen LogP contribution in [-0.2, 0) is 9.47 Å². The number of nitrogens with zero attached hydrogens (tertiary/aromatic N) is 2. The molecule has 35 heavy (non-hydrogen) atoms. The summed E-state index contributed by atoms with van der Waals surface area (Å²) >= 11 is 0. The van der Waals surface area contributed by atoms with E-state index < -0.39 is 11.7 Å². The van der Waals surface area contributed by atoms with Gasteiger partial charge in [-0.3, -0.25) is 5.32 Å². The van der Waals surface area contributed by atoms with Crippen LogP contribution in [0.4, 0.5) is 39.3 Å². The van der Waals surface area contributed by atoms with Crippen LogP contribution in [0.1, 0.15) is 20.8 Å². The molecule has 0 fully saturated rings. The molecule has 1 aromatic heterocycles. The summed E-state index contributed by atoms with van der Waals surface area (Å²) in [4.78, 5) is 21.1. The molecule has 0 aliphatic heterocycles. The summed E-state index contributed by atoms with van der Waals surface area (Å²) in [6.45, 7) is 6.46. The van der Waals surface area contributed by atoms with Gasteiger partial charge in [0.1, 0.15) is 18.0 Å². The molecule has 0 atom stereocenters. The minimum absolute atomic E-state index is 0.419. The number of carbonyl (C=O) groups is 1. The zero-order chi connectivity index (χ0) is 25.3. The molecule has 0 aliphatic carbocycles. The fraction of sp³-hybridized carbons (Fsp3) is 0.320. The number of rotatable bonds is 10. The molecule has 4 N–H and O–H groups in total. The van der Waals surface area contributed by atoms with E-state index in [1.165, 1.54) is 0 Å². The second kappa shape index (κ2) is 11.9. The highest BCUT2D eigenvalue weighted by Gasteiger charge is 2.16. The van der Waals surface area contributed by atoms with Gasteiger partial charge in [-0.05, 0) is 63.2 Å². The van der Waals surface area contributed by atoms with Gasteiger partial charge in [-0.2, -0.15) is 4.98 Å². The van der Waals surface area contributed by atoms with Crippen molar-refractivity contribution in [2.24, 2.45) is 0 Å². The van der Waals surface area contributed by atoms with Crippen LogP contribution >= 0.6 is 0 Å². The maximum atomic E-state index is 12.1. The van der Waals surface area contributed by atoms with Gasteiger partial charge in [0.05, 0.1) is 18.5 Å². The summed E-state index contributed by atoms with van der Waals surface area (Å²) in [5.41, 5.74) is 2.27. The first-order valence-corrected chi connectivity index (χ1v) is 11.2. The van der Waals surface area contributed by atoms with E-state index in [1.807, 2.05) is 57.2 Å². The maximum absolute atomic E-state index is 12.1. The molecule has 0 saturated heterocycles. The van der Waals surface area contributed by atoms with Crippen LogP contribution < -0.4 is 26.0 Å². The SMILES string of the molecule is CNc1cnc(Nc2ccc(OCCOC)cc2)nc1Nc1cccc(NC(=O)OC(C)(C)C)c1. The molecule has 10 heteroatoms. The van der Waals surface area contributed by atoms with Gasteiger partial charge in [-0.1, -0.05) is 6.07 Å². The predicted molar refractivity (Wildman–Crippen MR) is 138 cm³/mol. The molecule has 3 aromatic rings. The smallest absolute Gasteiger partial charge is 0.412 e. The summed E-state index contributed by atoms with van der Waals surface area (Å²) in [5, 5.41) is 12.3. The summed E-state index contributed by atoms with van der Waals surface area (Å²) in [6.07, 6.45) is 1.16. The number of methoxy groups -OCH3 is 1. The molecule has 0 aliphatic rings. The Morgan fingerprint density at radius 2 is 1.71 bits per heavy atom. The van der Waals surface area contributed by atoms with E-state index in [2.05, 4.69) is 31.2 Å². The zero-order valence-electron chi connectivity index (χ0n) is 20.6. The number of nitrogens with one attached hydrogen (secondary N) is 4. The van der Waals surface area contributed by atoms with Gasteiger partial charge in [0.25, 0.3) is 0 Å². The number of anilines is 6. The Hall–Kier alpha value is -4.05. The average molecular weight is 481 g/mol. The molecular weight excluding hydrogens is 448 g/mol. The van der Waals surface area contributed by atoms with Crippen molar-refractivity contribution in [3.63, 3.8) is 0 Å². The highest BCUT2D eigenvalue weighted by molar-refractivity contribution is 5.86. The van der Waals surface area contributed by atoms with E-state index in [0.29, 0.717) is 36.4 Å². The van der Waals surface area contributed by atoms with Gasteiger partial charge in [0.2, 0.25) is 5.95 Å². The van der Waals surface area contributed by atoms with Crippen LogP contribution in [0.5, 0.6) is 5.75 Å². The van der Waals surface area contributed by atoms with E-state index in [0.717, 1.165) is 17.1 Å². The Kier molecular flexibility index (Phi) is 8.69. The Morgan fingerprint density at radius 1 is 0.971 bits per heavy atom. The quantitative estimate of drug-likeness (QED) is 0.284. The van der Waals surface area contributed by atoms with Gasteiger partial charge < -0.3 is 30.2 Å². The molecule has 10 nitrogen and oxygen atoms in total. The van der Waals surface area contributed by atoms with Crippen LogP contribution in [0, 0.1) is 0 Å². The molecule has 186 valence electrons. The summed E-state index contributed by atoms with van der Waals surface area (Å²) in [6, 6.07) is 14.8. The number of amides is 1. The highest BCUT2D eigenvalue weighted by Crippen LogP contribution is 2.27. The monoisotopic (exact) mass is 480 g/mol. The first-order chi connectivity index (χ1) is 16.8. The van der Waals surface area contributed by atoms with Crippen LogP contribution in [0.2, 0.25) is 0 Å². The molecule has 0 spiro atoms. The lowest BCUT2D eigenvalue weighted by Crippen LogP contribution is -2.27. The van der Waals surface area contributed by atoms with Crippen molar-refractivity contribution in [2.75, 3.05) is 48.6 Å². The second-order valence-electron chi connectivity index (χ2n) is 8.53. The Balaban J connectivity index is 1.70. The number of hydrogen-bond donors (Lipinski definition) is 4. The van der Waals surface area contributed by atoms with Gasteiger partial charge in [0.15, 0.2) is 5.82 Å². The highest BCUT2D eigenvalue weighted by atomic mass is 16.6. The van der Waals surface area contributed by atoms with E-state index >= 15 is 0 Å². The molecule has 0 unspecified atom stereocenters. The van der Waals surface area contributed by atoms with Crippen molar-refractivity contribution in [1.82, 2.24) is 9.97 Å². The van der Waals surface area contributed by atoms with Crippen molar-refractivity contribution in [3.05, 3.63) is 54.7 Å². The molecule has 3 rings (SSSR count). The van der Waals surface area contributed by atoms with E-state index in [4.69, 9.17) is 14.2 Å². The van der Waals surface area contributed by atoms with E-state index in [1.54, 1.807) is 32.5 Å². The van der Waals surface area contributed by atoms with E-state index in [9.17, 15) is 4.79 Å². The van der Waals surface area contributed by atoms with Crippen LogP contribution in [-0.4, -0.2) is 49.0 Å². The molecular formula is C25H32N6O4. The molecule has 0 saturated carbocycles. The summed E-state index contributed by atoms with van der Waals surface area (Å²) < 4.78 is 15.9. The van der Waals surface area contributed by atoms with Gasteiger partial charge in [-0.25, -0.2) is 9.78 Å². The Bertz CT molecular complexity index is 1120. The molecule has 0 radical (unpaired) electrons. The fourth-order valence-corrected chi connectivity index (χ4v) is 2.96. The third-order valence-corrected chi connectivity index (χ3v) is 4.50. The van der Waals surface area contributed by atoms with Crippen LogP contribution in [0.15, 0.2) is 54.7 Å². The summed E-state index contributed by atoms with van der Waals surface area (Å²) in [5.74, 6) is 1.74. The van der Waals surface area contributed by atoms with Crippen molar-refractivity contribution in [3.8, 4) is 5.75 Å². The number of aromatic nitrogens is 2. The van der Waals surface area contributed by atoms with Crippen LogP contribution in [0.3, 0.4) is 0 Å². The fourth-order valence-electron chi connectivity index (χ4n) is 2.96. The molecule has 1 heterocycles. The molecule has 2 aromatic carbocycles. The first-order valence-electron chi connectivity index (χ1n) is 11.2. The number of ether oxygens (including phenoxy) is 3. The lowest BCUT2D eigenvalue weighted by molar-refractivity contribution is 0.0636. The number of hydrogen-bond acceptors (Lipinski definition) is 9. The molecule has 1 amide bonds. The van der Waals surface area contributed by atoms with Gasteiger partial charge in [-0.15, -0.1) is 0 Å². The van der Waals surface area contributed by atoms with Crippen molar-refractivity contribution >= 4 is 40.6 Å². The average Bonchev–Trinajstić information content (AvgIpc) is 2.79. The topological polar surface area (TPSA) is 119 Å². The van der Waals surface area contributed by atoms with Crippen molar-refractivity contribution < 1.29 is 19.0 Å². The summed E-state index contributed by atoms with van der Waals surface area (Å²) in [7, 11) is 3.43. The number of carbonyl (C=O) groups excluding carboxylic acids is 1. The van der Waals surface area contributed by atoms with Crippen molar-refractivity contribution in [1.29, 1.82) is 0 Å². The Labute approximate surface area is 205 Å². The zero-order valence-corrected chi connectivity index (χ0v) is 20.6. The standard InChI is InChI=1S/C25H32N6O4/c1-25(2,3)35-24(32)30-19-8-6-7-18(15-19)28-22-21(26-4)16-27-23(31-22)29-17-9-11-20(12-10-17)34-14-13-33-5/h6-12,15-16,26H,13-14H2,1-5H3,(H,30,32)(H2,27,28,29,31). The van der Waals surface area contributed by atoms with Crippen molar-refractivity contribution in [2.45, 2.75) is 26.4 Å². The lowest BCUT2D eigenvalue weighted by atomic mass is 10.2. The third kappa shape index (κ3) is 8.35. The van der Waals surface area contributed by atoms with Gasteiger partial charge in [0, 0.05) is 31.2 Å². The maximum Gasteiger partial charge on any atom is 0.412 e. The van der Waals surface area contributed by atoms with Crippen LogP contribution in [0.25, 0.3) is 0 Å². The largest absolute Gasteiger partial charge is 0.491 e. The lowest BCUT2D eigenvalue weighted by Gasteiger charge is -2.20. The predicted octanol–water partition coefficient (Wildman–Crippen LogP) is 5.38. The minimum Gasteiger partial charge on any atom is -0.491 e.